The van der Waals surface area contributed by atoms with E-state index in [2.05, 4.69) is 15.3 Å². The lowest BCUT2D eigenvalue weighted by Gasteiger charge is -1.97. The van der Waals surface area contributed by atoms with Gasteiger partial charge in [0.15, 0.2) is 17.3 Å². The van der Waals surface area contributed by atoms with Gasteiger partial charge in [-0.25, -0.2) is 14.4 Å². The van der Waals surface area contributed by atoms with Gasteiger partial charge in [-0.1, -0.05) is 11.3 Å². The fraction of sp³-hybridized carbons (Fsp3) is 0.267. The molecule has 0 aliphatic heterocycles. The van der Waals surface area contributed by atoms with E-state index in [1.54, 1.807) is 0 Å². The Labute approximate surface area is 129 Å². The van der Waals surface area contributed by atoms with Crippen LogP contribution in [0.1, 0.15) is 12.1 Å². The van der Waals surface area contributed by atoms with Crippen LogP contribution in [0.25, 0.3) is 21.5 Å². The fourth-order valence-corrected chi connectivity index (χ4v) is 3.24. The van der Waals surface area contributed by atoms with Gasteiger partial charge in [-0.3, -0.25) is 4.79 Å². The number of anilines is 1. The number of thiazole rings is 1. The second kappa shape index (κ2) is 4.88. The first-order valence-corrected chi connectivity index (χ1v) is 7.69. The van der Waals surface area contributed by atoms with Crippen molar-refractivity contribution < 1.29 is 13.6 Å². The molecule has 2 atom stereocenters. The number of alkyl halides is 1. The Morgan fingerprint density at radius 1 is 1.50 bits per heavy atom. The van der Waals surface area contributed by atoms with E-state index in [0.717, 1.165) is 27.2 Å². The van der Waals surface area contributed by atoms with Crippen LogP contribution in [-0.4, -0.2) is 22.0 Å². The molecule has 7 heteroatoms. The van der Waals surface area contributed by atoms with Gasteiger partial charge in [0, 0.05) is 5.56 Å². The van der Waals surface area contributed by atoms with Crippen LogP contribution in [0, 0.1) is 12.8 Å². The summed E-state index contributed by atoms with van der Waals surface area (Å²) in [4.78, 5) is 20.2. The highest BCUT2D eigenvalue weighted by molar-refractivity contribution is 7.22. The summed E-state index contributed by atoms with van der Waals surface area (Å²) in [6.45, 7) is 1.88. The van der Waals surface area contributed by atoms with Crippen LogP contribution in [-0.2, 0) is 4.79 Å². The first-order valence-electron chi connectivity index (χ1n) is 6.88. The van der Waals surface area contributed by atoms with Gasteiger partial charge in [0.25, 0.3) is 0 Å². The Bertz CT molecular complexity index is 873. The Morgan fingerprint density at radius 2 is 2.32 bits per heavy atom. The molecular formula is C15H12FN3O2S. The number of nitrogens with one attached hydrogen (secondary N) is 1. The van der Waals surface area contributed by atoms with Gasteiger partial charge >= 0.3 is 0 Å². The highest BCUT2D eigenvalue weighted by Gasteiger charge is 2.43. The number of aromatic nitrogens is 2. The van der Waals surface area contributed by atoms with E-state index in [1.165, 1.54) is 17.7 Å². The molecule has 112 valence electrons. The maximum absolute atomic E-state index is 12.9. The molecular weight excluding hydrogens is 305 g/mol. The maximum atomic E-state index is 12.9. The number of fused-ring (bicyclic) bond motifs is 1. The number of halogens is 1. The lowest BCUT2D eigenvalue weighted by Crippen LogP contribution is -2.14. The highest BCUT2D eigenvalue weighted by Crippen LogP contribution is 2.36. The summed E-state index contributed by atoms with van der Waals surface area (Å²) in [7, 11) is 0. The Balaban J connectivity index is 1.63. The van der Waals surface area contributed by atoms with Crippen molar-refractivity contribution in [2.45, 2.75) is 19.5 Å². The van der Waals surface area contributed by atoms with Crippen molar-refractivity contribution in [3.63, 3.8) is 0 Å². The molecule has 1 aliphatic carbocycles. The lowest BCUT2D eigenvalue weighted by molar-refractivity contribution is -0.117. The third-order valence-corrected chi connectivity index (χ3v) is 4.61. The summed E-state index contributed by atoms with van der Waals surface area (Å²) in [5.41, 5.74) is 2.52. The molecule has 4 rings (SSSR count). The predicted molar refractivity (Wildman–Crippen MR) is 81.5 cm³/mol. The summed E-state index contributed by atoms with van der Waals surface area (Å²) < 4.78 is 19.2. The molecule has 3 aromatic rings. The molecule has 0 radical (unpaired) electrons. The molecule has 5 nitrogen and oxygen atoms in total. The zero-order chi connectivity index (χ0) is 15.3. The largest absolute Gasteiger partial charge is 0.443 e. The van der Waals surface area contributed by atoms with E-state index in [-0.39, 0.29) is 5.91 Å². The molecule has 0 saturated heterocycles. The molecule has 1 N–H and O–H groups in total. The molecule has 1 aromatic carbocycles. The molecule has 2 heterocycles. The topological polar surface area (TPSA) is 68.0 Å². The zero-order valence-corrected chi connectivity index (χ0v) is 12.5. The van der Waals surface area contributed by atoms with E-state index < -0.39 is 12.1 Å². The van der Waals surface area contributed by atoms with Gasteiger partial charge < -0.3 is 9.73 Å². The van der Waals surface area contributed by atoms with Crippen molar-refractivity contribution >= 4 is 32.6 Å². The lowest BCUT2D eigenvalue weighted by atomic mass is 10.1. The average Bonchev–Trinajstić information content (AvgIpc) is 2.90. The molecule has 2 unspecified atom stereocenters. The predicted octanol–water partition coefficient (Wildman–Crippen LogP) is 3.56. The second-order valence-corrected chi connectivity index (χ2v) is 6.35. The average molecular weight is 317 g/mol. The number of nitrogens with zero attached hydrogens (tertiary/aromatic N) is 2. The van der Waals surface area contributed by atoms with Crippen molar-refractivity contribution in [3.05, 3.63) is 30.3 Å². The number of carbonyl (C=O) groups is 1. The number of rotatable bonds is 3. The van der Waals surface area contributed by atoms with Crippen LogP contribution >= 0.6 is 11.3 Å². The molecule has 0 spiro atoms. The van der Waals surface area contributed by atoms with E-state index >= 15 is 0 Å². The van der Waals surface area contributed by atoms with Crippen molar-refractivity contribution in [1.29, 1.82) is 0 Å². The number of amides is 1. The number of benzene rings is 1. The SMILES string of the molecule is Cc1ncoc1-c1ccc2nc(NC(=O)C3CC3F)sc2c1. The van der Waals surface area contributed by atoms with Crippen LogP contribution in [0.4, 0.5) is 9.52 Å². The normalized spacial score (nSPS) is 20.3. The molecule has 1 fully saturated rings. The Kier molecular flexibility index (Phi) is 2.97. The molecule has 2 aromatic heterocycles. The van der Waals surface area contributed by atoms with Crippen molar-refractivity contribution in [2.24, 2.45) is 5.92 Å². The van der Waals surface area contributed by atoms with Gasteiger partial charge in [-0.15, -0.1) is 0 Å². The van der Waals surface area contributed by atoms with Gasteiger partial charge in [-0.2, -0.15) is 0 Å². The van der Waals surface area contributed by atoms with Crippen molar-refractivity contribution in [1.82, 2.24) is 9.97 Å². The van der Waals surface area contributed by atoms with Gasteiger partial charge in [0.1, 0.15) is 6.17 Å². The van der Waals surface area contributed by atoms with Crippen LogP contribution < -0.4 is 5.32 Å². The first-order chi connectivity index (χ1) is 10.6. The summed E-state index contributed by atoms with van der Waals surface area (Å²) in [5.74, 6) is -0.0867. The van der Waals surface area contributed by atoms with E-state index in [4.69, 9.17) is 4.42 Å². The van der Waals surface area contributed by atoms with Gasteiger partial charge in [0.05, 0.1) is 21.8 Å². The molecule has 0 bridgehead atoms. The van der Waals surface area contributed by atoms with Gasteiger partial charge in [0.2, 0.25) is 5.91 Å². The summed E-state index contributed by atoms with van der Waals surface area (Å²) in [6, 6.07) is 5.72. The number of oxazole rings is 1. The fourth-order valence-electron chi connectivity index (χ4n) is 2.33. The minimum atomic E-state index is -1.00. The number of hydrogen-bond acceptors (Lipinski definition) is 5. The molecule has 22 heavy (non-hydrogen) atoms. The smallest absolute Gasteiger partial charge is 0.232 e. The quantitative estimate of drug-likeness (QED) is 0.802. The van der Waals surface area contributed by atoms with Crippen LogP contribution in [0.5, 0.6) is 0 Å². The molecule has 1 amide bonds. The van der Waals surface area contributed by atoms with E-state index in [9.17, 15) is 9.18 Å². The van der Waals surface area contributed by atoms with Crippen molar-refractivity contribution in [3.8, 4) is 11.3 Å². The first kappa shape index (κ1) is 13.4. The van der Waals surface area contributed by atoms with Crippen molar-refractivity contribution in [2.75, 3.05) is 5.32 Å². The summed E-state index contributed by atoms with van der Waals surface area (Å²) >= 11 is 1.36. The van der Waals surface area contributed by atoms with E-state index in [0.29, 0.717) is 11.6 Å². The minimum absolute atomic E-state index is 0.294. The summed E-state index contributed by atoms with van der Waals surface area (Å²) in [5, 5.41) is 3.17. The number of carbonyl (C=O) groups excluding carboxylic acids is 1. The maximum Gasteiger partial charge on any atom is 0.232 e. The second-order valence-electron chi connectivity index (χ2n) is 5.32. The molecule has 1 aliphatic rings. The molecule has 1 saturated carbocycles. The standard InChI is InChI=1S/C15H12FN3O2S/c1-7-13(21-6-17-7)8-2-3-11-12(4-8)22-15(18-11)19-14(20)9-5-10(9)16/h2-4,6,9-10H,5H2,1H3,(H,18,19,20). The third-order valence-electron chi connectivity index (χ3n) is 3.68. The monoisotopic (exact) mass is 317 g/mol. The van der Waals surface area contributed by atoms with Crippen LogP contribution in [0.3, 0.4) is 0 Å². The Morgan fingerprint density at radius 3 is 3.00 bits per heavy atom. The Hall–Kier alpha value is -2.28. The van der Waals surface area contributed by atoms with Crippen LogP contribution in [0.15, 0.2) is 29.0 Å². The zero-order valence-electron chi connectivity index (χ0n) is 11.7. The van der Waals surface area contributed by atoms with Crippen LogP contribution in [0.2, 0.25) is 0 Å². The summed E-state index contributed by atoms with van der Waals surface area (Å²) in [6.07, 6.45) is 0.720. The third kappa shape index (κ3) is 2.27. The minimum Gasteiger partial charge on any atom is -0.443 e. The van der Waals surface area contributed by atoms with Gasteiger partial charge in [-0.05, 0) is 31.5 Å². The number of hydrogen-bond donors (Lipinski definition) is 1. The number of aryl methyl sites for hydroxylation is 1. The highest BCUT2D eigenvalue weighted by atomic mass is 32.1. The van der Waals surface area contributed by atoms with E-state index in [1.807, 2.05) is 25.1 Å².